The fourth-order valence-electron chi connectivity index (χ4n) is 2.78. The van der Waals surface area contributed by atoms with Crippen LogP contribution >= 0.6 is 0 Å². The maximum absolute atomic E-state index is 11.9. The van der Waals surface area contributed by atoms with E-state index in [-0.39, 0.29) is 0 Å². The maximum Gasteiger partial charge on any atom is 0.412 e. The molecule has 1 amide bonds. The van der Waals surface area contributed by atoms with Gasteiger partial charge in [-0.2, -0.15) is 0 Å². The summed E-state index contributed by atoms with van der Waals surface area (Å²) in [6, 6.07) is 5.86. The number of nitrogens with two attached hydrogens (primary N) is 1. The van der Waals surface area contributed by atoms with E-state index in [0.29, 0.717) is 17.4 Å². The molecule has 134 valence electrons. The first-order valence-corrected chi connectivity index (χ1v) is 8.62. The molecule has 1 aliphatic heterocycles. The van der Waals surface area contributed by atoms with Gasteiger partial charge in [-0.15, -0.1) is 0 Å². The fraction of sp³-hybridized carbons (Fsp3) is 0.611. The monoisotopic (exact) mass is 334 g/mol. The average Bonchev–Trinajstić information content (AvgIpc) is 2.99. The number of rotatable bonds is 5. The number of carbonyl (C=O) groups excluding carboxylic acids is 1. The summed E-state index contributed by atoms with van der Waals surface area (Å²) in [5.74, 6) is 0. The molecule has 1 heterocycles. The quantitative estimate of drug-likeness (QED) is 0.718. The highest BCUT2D eigenvalue weighted by Crippen LogP contribution is 2.24. The minimum Gasteiger partial charge on any atom is -0.444 e. The summed E-state index contributed by atoms with van der Waals surface area (Å²) in [5, 5.41) is 6.13. The number of carbonyl (C=O) groups is 1. The van der Waals surface area contributed by atoms with E-state index in [9.17, 15) is 4.79 Å². The highest BCUT2D eigenvalue weighted by atomic mass is 16.6. The van der Waals surface area contributed by atoms with Gasteiger partial charge >= 0.3 is 6.09 Å². The highest BCUT2D eigenvalue weighted by molar-refractivity contribution is 5.87. The zero-order valence-electron chi connectivity index (χ0n) is 15.2. The lowest BCUT2D eigenvalue weighted by atomic mass is 10.2. The molecule has 0 aliphatic carbocycles. The molecule has 1 fully saturated rings. The molecule has 1 unspecified atom stereocenters. The van der Waals surface area contributed by atoms with Crippen LogP contribution in [0.4, 0.5) is 21.9 Å². The van der Waals surface area contributed by atoms with Gasteiger partial charge in [-0.1, -0.05) is 0 Å². The van der Waals surface area contributed by atoms with Gasteiger partial charge in [-0.25, -0.2) is 4.79 Å². The van der Waals surface area contributed by atoms with Crippen LogP contribution in [0.5, 0.6) is 0 Å². The minimum absolute atomic E-state index is 0.453. The van der Waals surface area contributed by atoms with E-state index >= 15 is 0 Å². The number of likely N-dealkylation sites (tertiary alicyclic amines) is 1. The van der Waals surface area contributed by atoms with Gasteiger partial charge in [0, 0.05) is 18.3 Å². The summed E-state index contributed by atoms with van der Waals surface area (Å²) in [6.45, 7) is 10.9. The van der Waals surface area contributed by atoms with Gasteiger partial charge in [0.1, 0.15) is 5.60 Å². The Morgan fingerprint density at radius 2 is 2.00 bits per heavy atom. The predicted octanol–water partition coefficient (Wildman–Crippen LogP) is 3.51. The second-order valence-corrected chi connectivity index (χ2v) is 7.40. The summed E-state index contributed by atoms with van der Waals surface area (Å²) in [6.07, 6.45) is 2.09. The van der Waals surface area contributed by atoms with Crippen LogP contribution in [0.25, 0.3) is 0 Å². The van der Waals surface area contributed by atoms with Crippen LogP contribution in [0, 0.1) is 0 Å². The van der Waals surface area contributed by atoms with Gasteiger partial charge in [0.2, 0.25) is 0 Å². The van der Waals surface area contributed by atoms with Crippen LogP contribution < -0.4 is 16.4 Å². The summed E-state index contributed by atoms with van der Waals surface area (Å²) >= 11 is 0. The SMILES string of the molecule is CC(CNc1cc(NC(=O)OC(C)(C)C)ccc1N)N1CCCC1. The summed E-state index contributed by atoms with van der Waals surface area (Å²) < 4.78 is 5.27. The van der Waals surface area contributed by atoms with Crippen molar-refractivity contribution in [2.75, 3.05) is 36.0 Å². The number of amides is 1. The summed E-state index contributed by atoms with van der Waals surface area (Å²) in [4.78, 5) is 14.4. The number of hydrogen-bond acceptors (Lipinski definition) is 5. The Kier molecular flexibility index (Phi) is 5.94. The molecule has 4 N–H and O–H groups in total. The van der Waals surface area contributed by atoms with Gasteiger partial charge in [-0.05, 0) is 71.8 Å². The van der Waals surface area contributed by atoms with Crippen molar-refractivity contribution in [1.82, 2.24) is 4.90 Å². The molecule has 0 spiro atoms. The molecule has 0 aromatic heterocycles. The van der Waals surface area contributed by atoms with Crippen molar-refractivity contribution in [3.8, 4) is 0 Å². The van der Waals surface area contributed by atoms with Gasteiger partial charge in [0.05, 0.1) is 11.4 Å². The third kappa shape index (κ3) is 5.60. The molecule has 1 aromatic carbocycles. The largest absolute Gasteiger partial charge is 0.444 e. The molecule has 1 atom stereocenters. The topological polar surface area (TPSA) is 79.6 Å². The first-order chi connectivity index (χ1) is 11.2. The van der Waals surface area contributed by atoms with E-state index in [2.05, 4.69) is 22.5 Å². The van der Waals surface area contributed by atoms with Gasteiger partial charge in [0.25, 0.3) is 0 Å². The Balaban J connectivity index is 1.94. The Hall–Kier alpha value is -1.95. The fourth-order valence-corrected chi connectivity index (χ4v) is 2.78. The number of nitrogens with one attached hydrogen (secondary N) is 2. The maximum atomic E-state index is 11.9. The molecule has 0 bridgehead atoms. The number of nitrogens with zero attached hydrogens (tertiary/aromatic N) is 1. The molecule has 6 heteroatoms. The lowest BCUT2D eigenvalue weighted by molar-refractivity contribution is 0.0636. The van der Waals surface area contributed by atoms with Crippen LogP contribution in [0.3, 0.4) is 0 Å². The molecule has 1 aliphatic rings. The van der Waals surface area contributed by atoms with Gasteiger partial charge < -0.3 is 15.8 Å². The Morgan fingerprint density at radius 1 is 1.33 bits per heavy atom. The van der Waals surface area contributed by atoms with Crippen molar-refractivity contribution < 1.29 is 9.53 Å². The van der Waals surface area contributed by atoms with E-state index in [0.717, 1.165) is 12.2 Å². The van der Waals surface area contributed by atoms with E-state index in [1.165, 1.54) is 25.9 Å². The molecule has 1 aromatic rings. The first-order valence-electron chi connectivity index (χ1n) is 8.62. The number of nitrogen functional groups attached to an aromatic ring is 1. The van der Waals surface area contributed by atoms with Crippen molar-refractivity contribution in [3.63, 3.8) is 0 Å². The molecular weight excluding hydrogens is 304 g/mol. The Morgan fingerprint density at radius 3 is 2.62 bits per heavy atom. The van der Waals surface area contributed by atoms with Crippen LogP contribution in [0.15, 0.2) is 18.2 Å². The normalized spacial score (nSPS) is 16.7. The number of hydrogen-bond donors (Lipinski definition) is 3. The third-order valence-electron chi connectivity index (χ3n) is 4.05. The summed E-state index contributed by atoms with van der Waals surface area (Å²) in [5.41, 5.74) is 7.67. The molecular formula is C18H30N4O2. The van der Waals surface area contributed by atoms with Crippen LogP contribution in [-0.4, -0.2) is 42.3 Å². The molecule has 24 heavy (non-hydrogen) atoms. The molecule has 2 rings (SSSR count). The van der Waals surface area contributed by atoms with Crippen molar-refractivity contribution in [2.24, 2.45) is 0 Å². The summed E-state index contributed by atoms with van der Waals surface area (Å²) in [7, 11) is 0. The van der Waals surface area contributed by atoms with Crippen molar-refractivity contribution in [2.45, 2.75) is 52.2 Å². The lowest BCUT2D eigenvalue weighted by Gasteiger charge is -2.25. The second kappa shape index (κ2) is 7.75. The van der Waals surface area contributed by atoms with Crippen LogP contribution in [0.1, 0.15) is 40.5 Å². The number of anilines is 3. The zero-order valence-corrected chi connectivity index (χ0v) is 15.2. The van der Waals surface area contributed by atoms with Gasteiger partial charge in [-0.3, -0.25) is 10.2 Å². The van der Waals surface area contributed by atoms with Crippen LogP contribution in [0.2, 0.25) is 0 Å². The number of ether oxygens (including phenoxy) is 1. The van der Waals surface area contributed by atoms with Crippen LogP contribution in [-0.2, 0) is 4.74 Å². The van der Waals surface area contributed by atoms with E-state index in [4.69, 9.17) is 10.5 Å². The van der Waals surface area contributed by atoms with Crippen molar-refractivity contribution in [1.29, 1.82) is 0 Å². The van der Waals surface area contributed by atoms with Crippen molar-refractivity contribution in [3.05, 3.63) is 18.2 Å². The minimum atomic E-state index is -0.524. The molecule has 0 radical (unpaired) electrons. The lowest BCUT2D eigenvalue weighted by Crippen LogP contribution is -2.35. The van der Waals surface area contributed by atoms with Gasteiger partial charge in [0.15, 0.2) is 0 Å². The second-order valence-electron chi connectivity index (χ2n) is 7.40. The number of benzene rings is 1. The van der Waals surface area contributed by atoms with E-state index in [1.54, 1.807) is 12.1 Å². The predicted molar refractivity (Wildman–Crippen MR) is 99.5 cm³/mol. The van der Waals surface area contributed by atoms with E-state index in [1.807, 2.05) is 26.8 Å². The van der Waals surface area contributed by atoms with Crippen molar-refractivity contribution >= 4 is 23.2 Å². The Labute approximate surface area is 144 Å². The standard InChI is InChI=1S/C18H30N4O2/c1-13(22-9-5-6-10-22)12-20-16-11-14(7-8-15(16)19)21-17(23)24-18(2,3)4/h7-8,11,13,20H,5-6,9-10,12,19H2,1-4H3,(H,21,23). The first kappa shape index (κ1) is 18.4. The highest BCUT2D eigenvalue weighted by Gasteiger charge is 2.18. The Bertz CT molecular complexity index is 563. The molecule has 0 saturated carbocycles. The third-order valence-corrected chi connectivity index (χ3v) is 4.05. The molecule has 1 saturated heterocycles. The van der Waals surface area contributed by atoms with E-state index < -0.39 is 11.7 Å². The average molecular weight is 334 g/mol. The molecule has 6 nitrogen and oxygen atoms in total. The smallest absolute Gasteiger partial charge is 0.412 e. The zero-order chi connectivity index (χ0) is 17.7.